The first-order valence-corrected chi connectivity index (χ1v) is 11.8. The zero-order valence-electron chi connectivity index (χ0n) is 17.3. The lowest BCUT2D eigenvalue weighted by molar-refractivity contribution is -0.116. The van der Waals surface area contributed by atoms with Gasteiger partial charge in [0.15, 0.2) is 4.34 Å². The number of aryl methyl sites for hydroxylation is 1. The first kappa shape index (κ1) is 22.6. The van der Waals surface area contributed by atoms with Crippen LogP contribution >= 0.6 is 23.1 Å². The van der Waals surface area contributed by atoms with Gasteiger partial charge in [-0.3, -0.25) is 14.6 Å². The maximum atomic E-state index is 12.2. The normalized spacial score (nSPS) is 10.7. The first-order valence-electron chi connectivity index (χ1n) is 10.00. The number of carbonyl (C=O) groups excluding carboxylic acids is 2. The van der Waals surface area contributed by atoms with E-state index in [0.29, 0.717) is 39.8 Å². The molecule has 0 saturated carbocycles. The van der Waals surface area contributed by atoms with E-state index in [0.717, 1.165) is 11.3 Å². The number of para-hydroxylation sites is 1. The van der Waals surface area contributed by atoms with Crippen LogP contribution in [0.4, 0.5) is 10.8 Å². The second-order valence-electron chi connectivity index (χ2n) is 6.69. The van der Waals surface area contributed by atoms with Gasteiger partial charge in [0.25, 0.3) is 0 Å². The molecule has 0 unspecified atom stereocenters. The van der Waals surface area contributed by atoms with Crippen molar-refractivity contribution < 1.29 is 14.1 Å². The number of aromatic nitrogens is 5. The lowest BCUT2D eigenvalue weighted by Gasteiger charge is -2.03. The predicted molar refractivity (Wildman–Crippen MR) is 125 cm³/mol. The summed E-state index contributed by atoms with van der Waals surface area (Å²) in [5, 5.41) is 17.9. The molecule has 2 N–H and O–H groups in total. The number of hydrogen-bond donors (Lipinski definition) is 2. The van der Waals surface area contributed by atoms with E-state index in [2.05, 4.69) is 36.0 Å². The number of nitrogens with one attached hydrogen (secondary N) is 2. The Morgan fingerprint density at radius 3 is 2.67 bits per heavy atom. The van der Waals surface area contributed by atoms with Gasteiger partial charge >= 0.3 is 0 Å². The summed E-state index contributed by atoms with van der Waals surface area (Å²) in [5.74, 6) is 1.05. The summed E-state index contributed by atoms with van der Waals surface area (Å²) in [6, 6.07) is 12.9. The third kappa shape index (κ3) is 6.92. The van der Waals surface area contributed by atoms with Crippen molar-refractivity contribution in [2.45, 2.75) is 23.6 Å². The van der Waals surface area contributed by atoms with E-state index < -0.39 is 0 Å². The average Bonchev–Trinajstić information content (AvgIpc) is 3.49. The molecule has 33 heavy (non-hydrogen) atoms. The molecule has 168 valence electrons. The van der Waals surface area contributed by atoms with E-state index in [1.807, 2.05) is 36.4 Å². The maximum Gasteiger partial charge on any atom is 0.227 e. The molecule has 0 atom stereocenters. The first-order chi connectivity index (χ1) is 16.2. The van der Waals surface area contributed by atoms with Crippen molar-refractivity contribution >= 4 is 45.7 Å². The molecule has 12 heteroatoms. The van der Waals surface area contributed by atoms with Crippen molar-refractivity contribution in [1.29, 1.82) is 0 Å². The van der Waals surface area contributed by atoms with Gasteiger partial charge in [-0.25, -0.2) is 0 Å². The molecule has 0 bridgehead atoms. The fourth-order valence-electron chi connectivity index (χ4n) is 2.67. The Labute approximate surface area is 197 Å². The van der Waals surface area contributed by atoms with E-state index in [4.69, 9.17) is 4.52 Å². The molecular weight excluding hydrogens is 462 g/mol. The topological polar surface area (TPSA) is 136 Å². The standard InChI is InChI=1S/C21H19N7O3S2/c29-16(8-9-18-25-19(28-31-18)14-5-4-11-22-13-14)24-20-26-27-21(33-20)32-12-10-17(30)23-15-6-2-1-3-7-15/h1-7,11,13H,8-10,12H2,(H,23,30)(H,24,26,29). The van der Waals surface area contributed by atoms with Crippen molar-refractivity contribution in [1.82, 2.24) is 25.3 Å². The molecule has 3 heterocycles. The Balaban J connectivity index is 1.17. The fraction of sp³-hybridized carbons (Fsp3) is 0.190. The lowest BCUT2D eigenvalue weighted by Crippen LogP contribution is -2.12. The molecule has 0 aliphatic carbocycles. The highest BCUT2D eigenvalue weighted by Gasteiger charge is 2.13. The number of benzene rings is 1. The maximum absolute atomic E-state index is 12.2. The molecule has 10 nitrogen and oxygen atoms in total. The summed E-state index contributed by atoms with van der Waals surface area (Å²) in [6.07, 6.45) is 4.11. The van der Waals surface area contributed by atoms with E-state index >= 15 is 0 Å². The van der Waals surface area contributed by atoms with Crippen LogP contribution in [-0.4, -0.2) is 42.9 Å². The molecule has 4 rings (SSSR count). The zero-order chi connectivity index (χ0) is 22.9. The van der Waals surface area contributed by atoms with Crippen LogP contribution in [0, 0.1) is 0 Å². The number of nitrogens with zero attached hydrogens (tertiary/aromatic N) is 5. The van der Waals surface area contributed by atoms with Crippen molar-refractivity contribution in [3.63, 3.8) is 0 Å². The van der Waals surface area contributed by atoms with Gasteiger partial charge in [-0.1, -0.05) is 46.5 Å². The Kier molecular flexibility index (Phi) is 7.72. The van der Waals surface area contributed by atoms with Gasteiger partial charge in [-0.05, 0) is 24.3 Å². The largest absolute Gasteiger partial charge is 0.339 e. The van der Waals surface area contributed by atoms with Crippen molar-refractivity contribution in [2.24, 2.45) is 0 Å². The van der Waals surface area contributed by atoms with Crippen LogP contribution in [0.5, 0.6) is 0 Å². The predicted octanol–water partition coefficient (Wildman–Crippen LogP) is 3.68. The molecule has 0 saturated heterocycles. The second-order valence-corrected chi connectivity index (χ2v) is 9.01. The Morgan fingerprint density at radius 2 is 1.85 bits per heavy atom. The monoisotopic (exact) mass is 481 g/mol. The SMILES string of the molecule is O=C(CCSc1nnc(NC(=O)CCc2nc(-c3cccnc3)no2)s1)Nc1ccccc1. The summed E-state index contributed by atoms with van der Waals surface area (Å²) in [6.45, 7) is 0. The van der Waals surface area contributed by atoms with Crippen LogP contribution in [-0.2, 0) is 16.0 Å². The van der Waals surface area contributed by atoms with Gasteiger partial charge < -0.3 is 15.2 Å². The van der Waals surface area contributed by atoms with Crippen LogP contribution in [0.25, 0.3) is 11.4 Å². The molecule has 2 amide bonds. The number of carbonyl (C=O) groups is 2. The Hall–Kier alpha value is -3.64. The highest BCUT2D eigenvalue weighted by molar-refractivity contribution is 8.01. The van der Waals surface area contributed by atoms with Gasteiger partial charge in [-0.2, -0.15) is 4.98 Å². The minimum absolute atomic E-state index is 0.0700. The van der Waals surface area contributed by atoms with Gasteiger partial charge in [0.05, 0.1) is 0 Å². The number of pyridine rings is 1. The number of rotatable bonds is 10. The zero-order valence-corrected chi connectivity index (χ0v) is 18.9. The molecule has 3 aromatic heterocycles. The van der Waals surface area contributed by atoms with Crippen molar-refractivity contribution in [3.8, 4) is 11.4 Å². The summed E-state index contributed by atoms with van der Waals surface area (Å²) in [5.41, 5.74) is 1.51. The summed E-state index contributed by atoms with van der Waals surface area (Å²) < 4.78 is 5.87. The van der Waals surface area contributed by atoms with E-state index in [1.54, 1.807) is 18.5 Å². The fourth-order valence-corrected chi connectivity index (χ4v) is 4.44. The van der Waals surface area contributed by atoms with Gasteiger partial charge in [0.2, 0.25) is 28.7 Å². The number of anilines is 2. The molecule has 0 fully saturated rings. The van der Waals surface area contributed by atoms with E-state index in [9.17, 15) is 9.59 Å². The molecule has 4 aromatic rings. The quantitative estimate of drug-likeness (QED) is 0.257. The molecule has 0 radical (unpaired) electrons. The molecule has 0 spiro atoms. The molecule has 0 aliphatic heterocycles. The van der Waals surface area contributed by atoms with Gasteiger partial charge in [0.1, 0.15) is 0 Å². The Bertz CT molecular complexity index is 1200. The van der Waals surface area contributed by atoms with Crippen molar-refractivity contribution in [2.75, 3.05) is 16.4 Å². The lowest BCUT2D eigenvalue weighted by atomic mass is 10.2. The third-order valence-corrected chi connectivity index (χ3v) is 6.19. The smallest absolute Gasteiger partial charge is 0.227 e. The summed E-state index contributed by atoms with van der Waals surface area (Å²) in [4.78, 5) is 32.5. The summed E-state index contributed by atoms with van der Waals surface area (Å²) >= 11 is 2.67. The van der Waals surface area contributed by atoms with Crippen LogP contribution in [0.15, 0.2) is 63.7 Å². The van der Waals surface area contributed by atoms with Gasteiger partial charge in [0, 0.05) is 48.7 Å². The number of thioether (sulfide) groups is 1. The molecular formula is C21H19N7O3S2. The van der Waals surface area contributed by atoms with Crippen LogP contribution in [0.2, 0.25) is 0 Å². The third-order valence-electron chi connectivity index (χ3n) is 4.22. The Morgan fingerprint density at radius 1 is 1.00 bits per heavy atom. The second kappa shape index (κ2) is 11.3. The van der Waals surface area contributed by atoms with Crippen molar-refractivity contribution in [3.05, 3.63) is 60.7 Å². The van der Waals surface area contributed by atoms with Crippen LogP contribution in [0.3, 0.4) is 0 Å². The highest BCUT2D eigenvalue weighted by Crippen LogP contribution is 2.26. The van der Waals surface area contributed by atoms with E-state index in [-0.39, 0.29) is 18.2 Å². The minimum Gasteiger partial charge on any atom is -0.339 e. The van der Waals surface area contributed by atoms with Crippen LogP contribution < -0.4 is 10.6 Å². The van der Waals surface area contributed by atoms with Crippen LogP contribution in [0.1, 0.15) is 18.7 Å². The molecule has 1 aromatic carbocycles. The van der Waals surface area contributed by atoms with E-state index in [1.165, 1.54) is 23.1 Å². The highest BCUT2D eigenvalue weighted by atomic mass is 32.2. The summed E-state index contributed by atoms with van der Waals surface area (Å²) in [7, 11) is 0. The van der Waals surface area contributed by atoms with Gasteiger partial charge in [-0.15, -0.1) is 10.2 Å². The number of amides is 2. The number of hydrogen-bond acceptors (Lipinski definition) is 10. The molecule has 0 aliphatic rings. The minimum atomic E-state index is -0.230. The average molecular weight is 482 g/mol.